The van der Waals surface area contributed by atoms with Crippen LogP contribution in [0.1, 0.15) is 59.5 Å². The molecule has 1 saturated heterocycles. The van der Waals surface area contributed by atoms with Gasteiger partial charge >= 0.3 is 0 Å². The Hall–Kier alpha value is -1.65. The van der Waals surface area contributed by atoms with Crippen LogP contribution in [0.15, 0.2) is 41.3 Å². The van der Waals surface area contributed by atoms with E-state index in [0.29, 0.717) is 11.4 Å². The highest BCUT2D eigenvalue weighted by atomic mass is 32.2. The average molecular weight is 372 g/mol. The van der Waals surface area contributed by atoms with E-state index in [1.165, 1.54) is 5.56 Å². The highest BCUT2D eigenvalue weighted by molar-refractivity contribution is 7.89. The van der Waals surface area contributed by atoms with Gasteiger partial charge in [0.1, 0.15) is 0 Å². The van der Waals surface area contributed by atoms with E-state index in [-0.39, 0.29) is 6.04 Å². The highest BCUT2D eigenvalue weighted by Crippen LogP contribution is 2.36. The van der Waals surface area contributed by atoms with Crippen molar-refractivity contribution >= 4 is 10.0 Å². The fraction of sp³-hybridized carbons (Fsp3) is 0.455. The summed E-state index contributed by atoms with van der Waals surface area (Å²) < 4.78 is 29.1. The number of rotatable bonds is 3. The first kappa shape index (κ1) is 19.1. The van der Waals surface area contributed by atoms with Gasteiger partial charge in [0.05, 0.1) is 10.9 Å². The van der Waals surface area contributed by atoms with E-state index in [4.69, 9.17) is 0 Å². The molecular formula is C22H29NO2S. The molecule has 1 atom stereocenters. The Morgan fingerprint density at radius 1 is 0.885 bits per heavy atom. The summed E-state index contributed by atoms with van der Waals surface area (Å²) in [6.45, 7) is 8.48. The first-order valence-electron chi connectivity index (χ1n) is 9.47. The minimum atomic E-state index is -3.54. The number of benzene rings is 2. The second kappa shape index (κ2) is 7.53. The third kappa shape index (κ3) is 3.72. The predicted octanol–water partition coefficient (Wildman–Crippen LogP) is 5.23. The lowest BCUT2D eigenvalue weighted by Gasteiger charge is -2.31. The first-order valence-corrected chi connectivity index (χ1v) is 10.9. The normalized spacial score (nSPS) is 19.3. The molecule has 0 aliphatic carbocycles. The quantitative estimate of drug-likeness (QED) is 0.741. The zero-order valence-electron chi connectivity index (χ0n) is 16.2. The number of nitrogens with zero attached hydrogens (tertiary/aromatic N) is 1. The van der Waals surface area contributed by atoms with Crippen molar-refractivity contribution in [2.45, 2.75) is 64.3 Å². The molecule has 2 aromatic carbocycles. The van der Waals surface area contributed by atoms with Gasteiger partial charge in [0, 0.05) is 6.54 Å². The maximum atomic E-state index is 13.7. The Labute approximate surface area is 158 Å². The molecule has 0 saturated carbocycles. The molecule has 3 nitrogen and oxygen atoms in total. The molecule has 0 unspecified atom stereocenters. The molecular weight excluding hydrogens is 342 g/mol. The summed E-state index contributed by atoms with van der Waals surface area (Å²) in [4.78, 5) is 0.489. The lowest BCUT2D eigenvalue weighted by atomic mass is 10.0. The van der Waals surface area contributed by atoms with Crippen molar-refractivity contribution in [1.82, 2.24) is 4.31 Å². The number of aryl methyl sites for hydroxylation is 4. The summed E-state index contributed by atoms with van der Waals surface area (Å²) in [6, 6.07) is 12.2. The Bertz CT molecular complexity index is 879. The zero-order valence-corrected chi connectivity index (χ0v) is 17.1. The van der Waals surface area contributed by atoms with Gasteiger partial charge in [0.15, 0.2) is 0 Å². The number of sulfonamides is 1. The molecule has 1 heterocycles. The van der Waals surface area contributed by atoms with Crippen LogP contribution in [-0.2, 0) is 10.0 Å². The molecule has 0 N–H and O–H groups in total. The van der Waals surface area contributed by atoms with Gasteiger partial charge in [-0.05, 0) is 57.2 Å². The van der Waals surface area contributed by atoms with E-state index in [1.807, 2.05) is 39.0 Å². The minimum Gasteiger partial charge on any atom is -0.207 e. The highest BCUT2D eigenvalue weighted by Gasteiger charge is 2.35. The molecule has 4 heteroatoms. The van der Waals surface area contributed by atoms with Gasteiger partial charge in [0.25, 0.3) is 0 Å². The second-order valence-corrected chi connectivity index (χ2v) is 9.45. The number of hydrogen-bond acceptors (Lipinski definition) is 2. The van der Waals surface area contributed by atoms with Crippen LogP contribution in [0.25, 0.3) is 0 Å². The smallest absolute Gasteiger partial charge is 0.207 e. The molecule has 1 fully saturated rings. The van der Waals surface area contributed by atoms with Crippen LogP contribution >= 0.6 is 0 Å². The van der Waals surface area contributed by atoms with Crippen LogP contribution in [0, 0.1) is 27.7 Å². The van der Waals surface area contributed by atoms with Crippen molar-refractivity contribution in [3.8, 4) is 0 Å². The molecule has 0 amide bonds. The largest absolute Gasteiger partial charge is 0.244 e. The van der Waals surface area contributed by atoms with Crippen molar-refractivity contribution in [2.24, 2.45) is 0 Å². The summed E-state index contributed by atoms with van der Waals surface area (Å²) in [5, 5.41) is 0. The van der Waals surface area contributed by atoms with Crippen molar-refractivity contribution in [1.29, 1.82) is 0 Å². The van der Waals surface area contributed by atoms with Crippen molar-refractivity contribution in [2.75, 3.05) is 6.54 Å². The molecule has 0 aromatic heterocycles. The van der Waals surface area contributed by atoms with Gasteiger partial charge in [-0.15, -0.1) is 0 Å². The van der Waals surface area contributed by atoms with E-state index in [2.05, 4.69) is 25.1 Å². The standard InChI is InChI=1S/C22H29NO2S/c1-16-9-8-10-20(15-16)21-11-6-5-7-12-23(21)26(24,25)22-18(3)13-17(2)14-19(22)4/h8-10,13-15,21H,5-7,11-12H2,1-4H3/t21-/m1/s1. The van der Waals surface area contributed by atoms with Crippen molar-refractivity contribution in [3.05, 3.63) is 64.2 Å². The van der Waals surface area contributed by atoms with Crippen LogP contribution in [0.5, 0.6) is 0 Å². The van der Waals surface area contributed by atoms with E-state index in [1.54, 1.807) is 4.31 Å². The molecule has 0 bridgehead atoms. The summed E-state index contributed by atoms with van der Waals surface area (Å²) in [5.41, 5.74) is 5.07. The van der Waals surface area contributed by atoms with E-state index in [0.717, 1.165) is 47.9 Å². The first-order chi connectivity index (χ1) is 12.3. The lowest BCUT2D eigenvalue weighted by Crippen LogP contribution is -2.35. The van der Waals surface area contributed by atoms with Gasteiger partial charge in [-0.25, -0.2) is 8.42 Å². The Morgan fingerprint density at radius 2 is 1.58 bits per heavy atom. The summed E-state index contributed by atoms with van der Waals surface area (Å²) in [6.07, 6.45) is 3.95. The van der Waals surface area contributed by atoms with Gasteiger partial charge < -0.3 is 0 Å². The molecule has 2 aromatic rings. The topological polar surface area (TPSA) is 37.4 Å². The monoisotopic (exact) mass is 371 g/mol. The summed E-state index contributed by atoms with van der Waals surface area (Å²) in [5.74, 6) is 0. The fourth-order valence-electron chi connectivity index (χ4n) is 4.27. The van der Waals surface area contributed by atoms with Crippen LogP contribution < -0.4 is 0 Å². The van der Waals surface area contributed by atoms with Crippen LogP contribution in [0.2, 0.25) is 0 Å². The van der Waals surface area contributed by atoms with E-state index < -0.39 is 10.0 Å². The summed E-state index contributed by atoms with van der Waals surface area (Å²) in [7, 11) is -3.54. The third-order valence-electron chi connectivity index (χ3n) is 5.30. The lowest BCUT2D eigenvalue weighted by molar-refractivity contribution is 0.328. The molecule has 1 aliphatic heterocycles. The molecule has 3 rings (SSSR count). The minimum absolute atomic E-state index is 0.0810. The van der Waals surface area contributed by atoms with Gasteiger partial charge in [-0.2, -0.15) is 4.31 Å². The van der Waals surface area contributed by atoms with Gasteiger partial charge in [-0.1, -0.05) is 60.4 Å². The number of hydrogen-bond donors (Lipinski definition) is 0. The summed E-state index contributed by atoms with van der Waals surface area (Å²) >= 11 is 0. The van der Waals surface area contributed by atoms with Crippen LogP contribution in [0.3, 0.4) is 0 Å². The maximum Gasteiger partial charge on any atom is 0.244 e. The second-order valence-electron chi connectivity index (χ2n) is 7.62. The molecule has 0 radical (unpaired) electrons. The van der Waals surface area contributed by atoms with Crippen LogP contribution in [-0.4, -0.2) is 19.3 Å². The maximum absolute atomic E-state index is 13.7. The van der Waals surface area contributed by atoms with Gasteiger partial charge in [-0.3, -0.25) is 0 Å². The zero-order chi connectivity index (χ0) is 18.9. The molecule has 1 aliphatic rings. The van der Waals surface area contributed by atoms with Crippen molar-refractivity contribution in [3.63, 3.8) is 0 Å². The molecule has 0 spiro atoms. The van der Waals surface area contributed by atoms with Gasteiger partial charge in [0.2, 0.25) is 10.0 Å². The fourth-order valence-corrected chi connectivity index (χ4v) is 6.37. The van der Waals surface area contributed by atoms with E-state index >= 15 is 0 Å². The van der Waals surface area contributed by atoms with Crippen LogP contribution in [0.4, 0.5) is 0 Å². The predicted molar refractivity (Wildman–Crippen MR) is 107 cm³/mol. The molecule has 26 heavy (non-hydrogen) atoms. The average Bonchev–Trinajstić information content (AvgIpc) is 2.80. The molecule has 140 valence electrons. The van der Waals surface area contributed by atoms with Crippen molar-refractivity contribution < 1.29 is 8.42 Å². The SMILES string of the molecule is Cc1cccc([C@H]2CCCCCN2S(=O)(=O)c2c(C)cc(C)cc2C)c1. The van der Waals surface area contributed by atoms with E-state index in [9.17, 15) is 8.42 Å². The third-order valence-corrected chi connectivity index (χ3v) is 7.52. The Kier molecular flexibility index (Phi) is 5.54. The Balaban J connectivity index is 2.11. The Morgan fingerprint density at radius 3 is 2.23 bits per heavy atom.